The van der Waals surface area contributed by atoms with Crippen molar-refractivity contribution in [2.45, 2.75) is 13.1 Å². The molecule has 17 heavy (non-hydrogen) atoms. The van der Waals surface area contributed by atoms with Crippen LogP contribution in [0.5, 0.6) is 0 Å². The molecule has 4 heteroatoms. The van der Waals surface area contributed by atoms with E-state index in [0.717, 1.165) is 18.8 Å². The molecule has 0 fully saturated rings. The molecule has 0 bridgehead atoms. The van der Waals surface area contributed by atoms with Crippen molar-refractivity contribution in [1.29, 1.82) is 0 Å². The third-order valence-electron chi connectivity index (χ3n) is 2.69. The Bertz CT molecular complexity index is 476. The number of rotatable bonds is 4. The molecule has 0 saturated heterocycles. The fourth-order valence-corrected chi connectivity index (χ4v) is 1.86. The number of aromatic nitrogens is 1. The fourth-order valence-electron chi connectivity index (χ4n) is 1.86. The van der Waals surface area contributed by atoms with Gasteiger partial charge in [0.05, 0.1) is 6.67 Å². The highest BCUT2D eigenvalue weighted by Gasteiger charge is 2.07. The smallest absolute Gasteiger partial charge is 0.255 e. The molecule has 1 N–H and O–H groups in total. The van der Waals surface area contributed by atoms with E-state index in [2.05, 4.69) is 22.9 Å². The predicted octanol–water partition coefficient (Wildman–Crippen LogP) is 0.911. The first-order valence-electron chi connectivity index (χ1n) is 5.72. The predicted molar refractivity (Wildman–Crippen MR) is 68.5 cm³/mol. The zero-order valence-corrected chi connectivity index (χ0v) is 9.80. The molecule has 0 spiro atoms. The van der Waals surface area contributed by atoms with Gasteiger partial charge in [-0.1, -0.05) is 18.2 Å². The average molecular weight is 231 g/mol. The number of allylic oxidation sites excluding steroid dienone is 1. The minimum absolute atomic E-state index is 0.0615. The van der Waals surface area contributed by atoms with E-state index in [1.54, 1.807) is 16.8 Å². The minimum atomic E-state index is 0.0615. The lowest BCUT2D eigenvalue weighted by atomic mass is 10.2. The molecular formula is C13H17N3O. The second-order valence-corrected chi connectivity index (χ2v) is 4.02. The molecule has 0 aliphatic carbocycles. The van der Waals surface area contributed by atoms with Gasteiger partial charge >= 0.3 is 0 Å². The van der Waals surface area contributed by atoms with Crippen LogP contribution in [0, 0.1) is 0 Å². The summed E-state index contributed by atoms with van der Waals surface area (Å²) in [6.07, 6.45) is 7.60. The molecule has 1 aromatic rings. The van der Waals surface area contributed by atoms with Crippen LogP contribution in [0.2, 0.25) is 0 Å². The van der Waals surface area contributed by atoms with Crippen LogP contribution < -0.4 is 10.9 Å². The van der Waals surface area contributed by atoms with Gasteiger partial charge in [0, 0.05) is 31.4 Å². The average Bonchev–Trinajstić information content (AvgIpc) is 2.36. The van der Waals surface area contributed by atoms with Crippen molar-refractivity contribution >= 4 is 0 Å². The lowest BCUT2D eigenvalue weighted by Crippen LogP contribution is -2.35. The number of hydrogen-bond acceptors (Lipinski definition) is 3. The van der Waals surface area contributed by atoms with Gasteiger partial charge < -0.3 is 9.47 Å². The zero-order chi connectivity index (χ0) is 12.1. The quantitative estimate of drug-likeness (QED) is 0.783. The van der Waals surface area contributed by atoms with Crippen molar-refractivity contribution in [3.05, 3.63) is 59.2 Å². The van der Waals surface area contributed by atoms with Gasteiger partial charge in [0.2, 0.25) is 0 Å². The SMILES string of the molecule is C=CCn1cccc(CN2C=CCNC2)c1=O. The Balaban J connectivity index is 2.17. The van der Waals surface area contributed by atoms with E-state index in [-0.39, 0.29) is 5.56 Å². The van der Waals surface area contributed by atoms with Crippen molar-refractivity contribution < 1.29 is 0 Å². The van der Waals surface area contributed by atoms with E-state index in [1.165, 1.54) is 0 Å². The van der Waals surface area contributed by atoms with Crippen LogP contribution in [0.3, 0.4) is 0 Å². The van der Waals surface area contributed by atoms with Crippen LogP contribution in [0.25, 0.3) is 0 Å². The Labute approximate surface area is 101 Å². The van der Waals surface area contributed by atoms with Gasteiger partial charge in [0.15, 0.2) is 0 Å². The maximum Gasteiger partial charge on any atom is 0.255 e. The highest BCUT2D eigenvalue weighted by molar-refractivity contribution is 5.11. The van der Waals surface area contributed by atoms with Crippen molar-refractivity contribution in [2.24, 2.45) is 0 Å². The van der Waals surface area contributed by atoms with Gasteiger partial charge in [-0.3, -0.25) is 10.1 Å². The largest absolute Gasteiger partial charge is 0.361 e. The lowest BCUT2D eigenvalue weighted by molar-refractivity contribution is 0.326. The van der Waals surface area contributed by atoms with Gasteiger partial charge in [0.25, 0.3) is 5.56 Å². The van der Waals surface area contributed by atoms with E-state index in [9.17, 15) is 4.79 Å². The molecule has 0 radical (unpaired) electrons. The molecule has 0 saturated carbocycles. The molecule has 0 unspecified atom stereocenters. The molecule has 2 rings (SSSR count). The third kappa shape index (κ3) is 2.85. The number of nitrogens with zero attached hydrogens (tertiary/aromatic N) is 2. The van der Waals surface area contributed by atoms with E-state index < -0.39 is 0 Å². The number of nitrogens with one attached hydrogen (secondary N) is 1. The van der Waals surface area contributed by atoms with Crippen LogP contribution >= 0.6 is 0 Å². The monoisotopic (exact) mass is 231 g/mol. The highest BCUT2D eigenvalue weighted by atomic mass is 16.1. The van der Waals surface area contributed by atoms with Crippen LogP contribution in [-0.2, 0) is 13.1 Å². The van der Waals surface area contributed by atoms with Crippen LogP contribution in [0.4, 0.5) is 0 Å². The molecule has 0 amide bonds. The van der Waals surface area contributed by atoms with Crippen LogP contribution in [-0.4, -0.2) is 22.7 Å². The molecule has 90 valence electrons. The molecule has 4 nitrogen and oxygen atoms in total. The van der Waals surface area contributed by atoms with Gasteiger partial charge in [-0.05, 0) is 12.3 Å². The van der Waals surface area contributed by atoms with Gasteiger partial charge in [-0.15, -0.1) is 6.58 Å². The van der Waals surface area contributed by atoms with Crippen molar-refractivity contribution in [1.82, 2.24) is 14.8 Å². The lowest BCUT2D eigenvalue weighted by Gasteiger charge is -2.23. The topological polar surface area (TPSA) is 37.3 Å². The molecule has 1 aliphatic heterocycles. The van der Waals surface area contributed by atoms with E-state index in [4.69, 9.17) is 0 Å². The van der Waals surface area contributed by atoms with E-state index >= 15 is 0 Å². The standard InChI is InChI=1S/C13H17N3O/c1-2-7-16-9-3-5-12(13(16)17)10-15-8-4-6-14-11-15/h2-5,8-9,14H,1,6-7,10-11H2. The van der Waals surface area contributed by atoms with Crippen molar-refractivity contribution in [2.75, 3.05) is 13.2 Å². The van der Waals surface area contributed by atoms with Crippen LogP contribution in [0.15, 0.2) is 48.1 Å². The summed E-state index contributed by atoms with van der Waals surface area (Å²) in [4.78, 5) is 14.2. The van der Waals surface area contributed by atoms with Crippen molar-refractivity contribution in [3.8, 4) is 0 Å². The zero-order valence-electron chi connectivity index (χ0n) is 9.80. The molecule has 2 heterocycles. The Morgan fingerprint density at radius 1 is 1.53 bits per heavy atom. The summed E-state index contributed by atoms with van der Waals surface area (Å²) in [5.41, 5.74) is 0.870. The Morgan fingerprint density at radius 3 is 3.12 bits per heavy atom. The normalized spacial score (nSPS) is 14.9. The molecule has 1 aromatic heterocycles. The van der Waals surface area contributed by atoms with Crippen molar-refractivity contribution in [3.63, 3.8) is 0 Å². The second-order valence-electron chi connectivity index (χ2n) is 4.02. The van der Waals surface area contributed by atoms with Crippen LogP contribution in [0.1, 0.15) is 5.56 Å². The maximum atomic E-state index is 12.1. The summed E-state index contributed by atoms with van der Waals surface area (Å²) >= 11 is 0. The molecular weight excluding hydrogens is 214 g/mol. The first kappa shape index (κ1) is 11.7. The Morgan fingerprint density at radius 2 is 2.41 bits per heavy atom. The first-order valence-corrected chi connectivity index (χ1v) is 5.72. The Hall–Kier alpha value is -1.81. The van der Waals surface area contributed by atoms with Gasteiger partial charge in [0.1, 0.15) is 0 Å². The summed E-state index contributed by atoms with van der Waals surface area (Å²) in [6, 6.07) is 3.78. The molecule has 0 atom stereocenters. The fraction of sp³-hybridized carbons (Fsp3) is 0.308. The molecule has 0 aromatic carbocycles. The van der Waals surface area contributed by atoms with E-state index in [0.29, 0.717) is 13.1 Å². The second kappa shape index (κ2) is 5.50. The summed E-state index contributed by atoms with van der Waals surface area (Å²) < 4.78 is 1.67. The maximum absolute atomic E-state index is 12.1. The third-order valence-corrected chi connectivity index (χ3v) is 2.69. The first-order chi connectivity index (χ1) is 8.31. The molecule has 1 aliphatic rings. The summed E-state index contributed by atoms with van der Waals surface area (Å²) in [5, 5.41) is 3.23. The summed E-state index contributed by atoms with van der Waals surface area (Å²) in [7, 11) is 0. The van der Waals surface area contributed by atoms with E-state index in [1.807, 2.05) is 18.3 Å². The van der Waals surface area contributed by atoms with Gasteiger partial charge in [-0.25, -0.2) is 0 Å². The Kier molecular flexibility index (Phi) is 3.77. The van der Waals surface area contributed by atoms with Gasteiger partial charge in [-0.2, -0.15) is 0 Å². The minimum Gasteiger partial charge on any atom is -0.361 e. The summed E-state index contributed by atoms with van der Waals surface area (Å²) in [5.74, 6) is 0. The number of pyridine rings is 1. The highest BCUT2D eigenvalue weighted by Crippen LogP contribution is 2.01. The number of hydrogen-bond donors (Lipinski definition) is 1. The summed E-state index contributed by atoms with van der Waals surface area (Å²) in [6.45, 7) is 6.53.